The van der Waals surface area contributed by atoms with Gasteiger partial charge in [0.1, 0.15) is 5.82 Å². The zero-order chi connectivity index (χ0) is 16.1. The predicted octanol–water partition coefficient (Wildman–Crippen LogP) is 1.84. The van der Waals surface area contributed by atoms with Gasteiger partial charge in [-0.15, -0.1) is 11.3 Å². The number of carbonyl (C=O) groups excluding carboxylic acids is 1. The van der Waals surface area contributed by atoms with E-state index in [4.69, 9.17) is 0 Å². The lowest BCUT2D eigenvalue weighted by atomic mass is 10.2. The van der Waals surface area contributed by atoms with Crippen molar-refractivity contribution in [3.8, 4) is 0 Å². The lowest BCUT2D eigenvalue weighted by molar-refractivity contribution is -0.131. The van der Waals surface area contributed by atoms with Gasteiger partial charge in [0.25, 0.3) is 0 Å². The molecule has 1 amide bonds. The normalized spacial score (nSPS) is 16.5. The summed E-state index contributed by atoms with van der Waals surface area (Å²) in [5.41, 5.74) is 1.14. The lowest BCUT2D eigenvalue weighted by Gasteiger charge is -2.21. The molecule has 1 saturated heterocycles. The number of hydrogen-bond acceptors (Lipinski definition) is 5. The van der Waals surface area contributed by atoms with E-state index in [1.165, 1.54) is 0 Å². The summed E-state index contributed by atoms with van der Waals surface area (Å²) in [7, 11) is 0. The van der Waals surface area contributed by atoms with Crippen LogP contribution in [0.4, 0.5) is 0 Å². The van der Waals surface area contributed by atoms with E-state index < -0.39 is 0 Å². The molecule has 0 radical (unpaired) electrons. The summed E-state index contributed by atoms with van der Waals surface area (Å²) in [5, 5.41) is 3.25. The highest BCUT2D eigenvalue weighted by molar-refractivity contribution is 7.09. The van der Waals surface area contributed by atoms with Crippen LogP contribution in [0.1, 0.15) is 29.4 Å². The number of aromatic nitrogens is 3. The quantitative estimate of drug-likeness (QED) is 0.907. The van der Waals surface area contributed by atoms with Crippen molar-refractivity contribution in [3.63, 3.8) is 0 Å². The molecule has 2 aromatic heterocycles. The first-order chi connectivity index (χ1) is 11.2. The summed E-state index contributed by atoms with van der Waals surface area (Å²) in [6, 6.07) is 0. The fourth-order valence-corrected chi connectivity index (χ4v) is 3.51. The molecule has 0 bridgehead atoms. The van der Waals surface area contributed by atoms with Gasteiger partial charge in [-0.2, -0.15) is 0 Å². The third kappa shape index (κ3) is 4.62. The fraction of sp³-hybridized carbons (Fsp3) is 0.562. The van der Waals surface area contributed by atoms with E-state index in [1.54, 1.807) is 23.7 Å². The maximum absolute atomic E-state index is 12.4. The molecule has 0 aromatic carbocycles. The summed E-state index contributed by atoms with van der Waals surface area (Å²) in [5.74, 6) is 1.11. The summed E-state index contributed by atoms with van der Waals surface area (Å²) >= 11 is 1.70. The molecule has 6 nitrogen and oxygen atoms in total. The number of H-pyrrole nitrogens is 1. The second-order valence-corrected chi connectivity index (χ2v) is 6.97. The standard InChI is InChI=1S/C16H23N5OS/c1-13-19-14(12-23-13)11-20-7-2-8-21(10-9-20)16(22)4-3-15-17-5-6-18-15/h5-6,12H,2-4,7-11H2,1H3,(H,17,18). The number of rotatable bonds is 5. The van der Waals surface area contributed by atoms with Crippen molar-refractivity contribution in [2.24, 2.45) is 0 Å². The first kappa shape index (κ1) is 16.1. The third-order valence-corrected chi connectivity index (χ3v) is 4.95. The van der Waals surface area contributed by atoms with Crippen molar-refractivity contribution >= 4 is 17.2 Å². The molecule has 0 spiro atoms. The van der Waals surface area contributed by atoms with Gasteiger partial charge in [0.15, 0.2) is 0 Å². The SMILES string of the molecule is Cc1nc(CN2CCCN(C(=O)CCc3ncc[nH]3)CC2)cs1. The minimum atomic E-state index is 0.229. The summed E-state index contributed by atoms with van der Waals surface area (Å²) in [6.45, 7) is 6.53. The maximum atomic E-state index is 12.4. The highest BCUT2D eigenvalue weighted by Gasteiger charge is 2.19. The molecule has 0 aliphatic carbocycles. The molecule has 1 aliphatic heterocycles. The molecule has 1 fully saturated rings. The van der Waals surface area contributed by atoms with Crippen LogP contribution in [-0.4, -0.2) is 56.8 Å². The second-order valence-electron chi connectivity index (χ2n) is 5.90. The molecule has 0 saturated carbocycles. The van der Waals surface area contributed by atoms with Crippen LogP contribution in [0.3, 0.4) is 0 Å². The number of nitrogens with one attached hydrogen (secondary N) is 1. The topological polar surface area (TPSA) is 65.1 Å². The molecule has 0 atom stereocenters. The largest absolute Gasteiger partial charge is 0.349 e. The number of aryl methyl sites for hydroxylation is 2. The molecule has 2 aromatic rings. The average Bonchev–Trinajstić information content (AvgIpc) is 3.13. The molecule has 124 valence electrons. The van der Waals surface area contributed by atoms with Gasteiger partial charge < -0.3 is 9.88 Å². The van der Waals surface area contributed by atoms with Crippen LogP contribution in [0.2, 0.25) is 0 Å². The molecule has 3 rings (SSSR count). The molecule has 23 heavy (non-hydrogen) atoms. The van der Waals surface area contributed by atoms with Gasteiger partial charge in [0.2, 0.25) is 5.91 Å². The van der Waals surface area contributed by atoms with E-state index in [1.807, 2.05) is 11.8 Å². The van der Waals surface area contributed by atoms with Gasteiger partial charge in [0, 0.05) is 63.3 Å². The predicted molar refractivity (Wildman–Crippen MR) is 90.2 cm³/mol. The Labute approximate surface area is 140 Å². The van der Waals surface area contributed by atoms with E-state index in [2.05, 4.69) is 25.2 Å². The Kier molecular flexibility index (Phi) is 5.40. The molecule has 7 heteroatoms. The van der Waals surface area contributed by atoms with E-state index >= 15 is 0 Å². The number of imidazole rings is 1. The maximum Gasteiger partial charge on any atom is 0.223 e. The highest BCUT2D eigenvalue weighted by Crippen LogP contribution is 2.13. The fourth-order valence-electron chi connectivity index (χ4n) is 2.91. The van der Waals surface area contributed by atoms with E-state index in [0.29, 0.717) is 12.8 Å². The Morgan fingerprint density at radius 2 is 2.26 bits per heavy atom. The molecule has 0 unspecified atom stereocenters. The third-order valence-electron chi connectivity index (χ3n) is 4.12. The Morgan fingerprint density at radius 1 is 1.35 bits per heavy atom. The van der Waals surface area contributed by atoms with Gasteiger partial charge in [-0.25, -0.2) is 9.97 Å². The minimum absolute atomic E-state index is 0.229. The Hall–Kier alpha value is -1.73. The molecular weight excluding hydrogens is 310 g/mol. The lowest BCUT2D eigenvalue weighted by Crippen LogP contribution is -2.35. The van der Waals surface area contributed by atoms with Crippen LogP contribution < -0.4 is 0 Å². The molecule has 1 N–H and O–H groups in total. The average molecular weight is 333 g/mol. The Balaban J connectivity index is 1.46. The zero-order valence-corrected chi connectivity index (χ0v) is 14.3. The van der Waals surface area contributed by atoms with Gasteiger partial charge in [-0.1, -0.05) is 0 Å². The van der Waals surface area contributed by atoms with Crippen LogP contribution >= 0.6 is 11.3 Å². The number of nitrogens with zero attached hydrogens (tertiary/aromatic N) is 4. The summed E-state index contributed by atoms with van der Waals surface area (Å²) < 4.78 is 0. The first-order valence-electron chi connectivity index (χ1n) is 8.10. The van der Waals surface area contributed by atoms with Crippen molar-refractivity contribution in [1.82, 2.24) is 24.8 Å². The minimum Gasteiger partial charge on any atom is -0.349 e. The van der Waals surface area contributed by atoms with Gasteiger partial charge >= 0.3 is 0 Å². The number of aromatic amines is 1. The van der Waals surface area contributed by atoms with Crippen LogP contribution in [0, 0.1) is 6.92 Å². The summed E-state index contributed by atoms with van der Waals surface area (Å²) in [6.07, 6.45) is 5.76. The number of amides is 1. The number of carbonyl (C=O) groups is 1. The Bertz CT molecular complexity index is 624. The Morgan fingerprint density at radius 3 is 3.00 bits per heavy atom. The molecular formula is C16H23N5OS. The highest BCUT2D eigenvalue weighted by atomic mass is 32.1. The monoisotopic (exact) mass is 333 g/mol. The van der Waals surface area contributed by atoms with E-state index in [0.717, 1.165) is 55.7 Å². The van der Waals surface area contributed by atoms with Crippen LogP contribution in [0.5, 0.6) is 0 Å². The zero-order valence-electron chi connectivity index (χ0n) is 13.5. The van der Waals surface area contributed by atoms with Crippen molar-refractivity contribution in [1.29, 1.82) is 0 Å². The van der Waals surface area contributed by atoms with E-state index in [-0.39, 0.29) is 5.91 Å². The van der Waals surface area contributed by atoms with Crippen molar-refractivity contribution in [2.75, 3.05) is 26.2 Å². The van der Waals surface area contributed by atoms with Gasteiger partial charge in [0.05, 0.1) is 10.7 Å². The van der Waals surface area contributed by atoms with Gasteiger partial charge in [-0.3, -0.25) is 9.69 Å². The second kappa shape index (κ2) is 7.70. The van der Waals surface area contributed by atoms with Crippen molar-refractivity contribution < 1.29 is 4.79 Å². The first-order valence-corrected chi connectivity index (χ1v) is 8.98. The number of thiazole rings is 1. The molecule has 3 heterocycles. The van der Waals surface area contributed by atoms with Crippen LogP contribution in [0.25, 0.3) is 0 Å². The molecule has 1 aliphatic rings. The van der Waals surface area contributed by atoms with E-state index in [9.17, 15) is 4.79 Å². The van der Waals surface area contributed by atoms with Crippen LogP contribution in [0.15, 0.2) is 17.8 Å². The smallest absolute Gasteiger partial charge is 0.223 e. The van der Waals surface area contributed by atoms with Crippen molar-refractivity contribution in [3.05, 3.63) is 34.3 Å². The van der Waals surface area contributed by atoms with Crippen LogP contribution in [-0.2, 0) is 17.8 Å². The van der Waals surface area contributed by atoms with Crippen molar-refractivity contribution in [2.45, 2.75) is 32.7 Å². The number of hydrogen-bond donors (Lipinski definition) is 1. The summed E-state index contributed by atoms with van der Waals surface area (Å²) in [4.78, 5) is 28.5. The van der Waals surface area contributed by atoms with Gasteiger partial charge in [-0.05, 0) is 13.3 Å².